The molecule has 8 aromatic carbocycles. The van der Waals surface area contributed by atoms with Crippen molar-refractivity contribution in [2.24, 2.45) is 0 Å². The van der Waals surface area contributed by atoms with E-state index >= 15 is 0 Å². The lowest BCUT2D eigenvalue weighted by Crippen LogP contribution is -2.03. The smallest absolute Gasteiger partial charge is 0.128 e. The molecule has 0 aliphatic carbocycles. The molecule has 0 saturated heterocycles. The summed E-state index contributed by atoms with van der Waals surface area (Å²) in [5, 5.41) is 9.75. The minimum atomic E-state index is 0.650. The summed E-state index contributed by atoms with van der Waals surface area (Å²) in [4.78, 5) is 10.3. The number of nitrogens with zero attached hydrogens (tertiary/aromatic N) is 2. The highest BCUT2D eigenvalue weighted by atomic mass is 16.5. The number of aryl methyl sites for hydroxylation is 1. The van der Waals surface area contributed by atoms with Crippen LogP contribution in [0.1, 0.15) is 71.0 Å². The Balaban J connectivity index is 1.22. The average Bonchev–Trinajstić information content (AvgIpc) is 3.29. The number of benzene rings is 8. The molecule has 0 aliphatic heterocycles. The second kappa shape index (κ2) is 18.4. The van der Waals surface area contributed by atoms with Crippen molar-refractivity contribution in [3.05, 3.63) is 157 Å². The maximum atomic E-state index is 6.67. The lowest BCUT2D eigenvalue weighted by atomic mass is 9.90. The van der Waals surface area contributed by atoms with E-state index in [1.807, 2.05) is 6.92 Å². The fraction of sp³-hybridized carbons (Fsp3) is 0.228. The predicted octanol–water partition coefficient (Wildman–Crippen LogP) is 16.0. The molecular formula is C57H54N2O2. The van der Waals surface area contributed by atoms with E-state index < -0.39 is 0 Å². The highest BCUT2D eigenvalue weighted by molar-refractivity contribution is 6.14. The van der Waals surface area contributed by atoms with Gasteiger partial charge in [0.1, 0.15) is 17.3 Å². The van der Waals surface area contributed by atoms with Crippen molar-refractivity contribution in [2.75, 3.05) is 13.2 Å². The van der Waals surface area contributed by atoms with E-state index in [1.165, 1.54) is 79.9 Å². The van der Waals surface area contributed by atoms with Crippen LogP contribution in [0.2, 0.25) is 0 Å². The molecule has 4 nitrogen and oxygen atoms in total. The third-order valence-electron chi connectivity index (χ3n) is 12.0. The van der Waals surface area contributed by atoms with E-state index in [2.05, 4.69) is 166 Å². The summed E-state index contributed by atoms with van der Waals surface area (Å²) in [6, 6.07) is 54.8. The number of fused-ring (bicyclic) bond motifs is 4. The van der Waals surface area contributed by atoms with Gasteiger partial charge in [0.15, 0.2) is 0 Å². The molecule has 0 saturated carbocycles. The molecule has 0 bridgehead atoms. The Morgan fingerprint density at radius 3 is 1.15 bits per heavy atom. The Kier molecular flexibility index (Phi) is 12.0. The van der Waals surface area contributed by atoms with Crippen molar-refractivity contribution in [2.45, 2.75) is 72.1 Å². The van der Waals surface area contributed by atoms with Crippen LogP contribution in [0.15, 0.2) is 152 Å². The Morgan fingerprint density at radius 1 is 0.393 bits per heavy atom. The number of hydrogen-bond acceptors (Lipinski definition) is 4. The first kappa shape index (κ1) is 39.9. The quantitative estimate of drug-likeness (QED) is 0.0721. The molecular weight excluding hydrogens is 745 g/mol. The fourth-order valence-corrected chi connectivity index (χ4v) is 8.94. The zero-order valence-corrected chi connectivity index (χ0v) is 35.7. The van der Waals surface area contributed by atoms with E-state index in [4.69, 9.17) is 19.4 Å². The summed E-state index contributed by atoms with van der Waals surface area (Å²) >= 11 is 0. The molecule has 0 N–H and O–H groups in total. The topological polar surface area (TPSA) is 44.2 Å². The molecule has 1 heterocycles. The Bertz CT molecular complexity index is 2680. The molecule has 0 radical (unpaired) electrons. The van der Waals surface area contributed by atoms with Gasteiger partial charge in [0.25, 0.3) is 0 Å². The van der Waals surface area contributed by atoms with Gasteiger partial charge in [-0.1, -0.05) is 162 Å². The predicted molar refractivity (Wildman–Crippen MR) is 258 cm³/mol. The summed E-state index contributed by atoms with van der Waals surface area (Å²) in [6.45, 7) is 7.78. The lowest BCUT2D eigenvalue weighted by molar-refractivity contribution is 0.306. The molecule has 0 aliphatic rings. The third-order valence-corrected chi connectivity index (χ3v) is 12.0. The van der Waals surface area contributed by atoms with Crippen LogP contribution < -0.4 is 9.47 Å². The van der Waals surface area contributed by atoms with Crippen molar-refractivity contribution < 1.29 is 9.47 Å². The van der Waals surface area contributed by atoms with E-state index in [1.54, 1.807) is 0 Å². The number of rotatable bonds is 16. The van der Waals surface area contributed by atoms with E-state index in [0.717, 1.165) is 70.8 Å². The van der Waals surface area contributed by atoms with Gasteiger partial charge in [0.2, 0.25) is 0 Å². The van der Waals surface area contributed by atoms with Crippen LogP contribution >= 0.6 is 0 Å². The van der Waals surface area contributed by atoms with Crippen molar-refractivity contribution >= 4 is 43.1 Å². The second-order valence-electron chi connectivity index (χ2n) is 16.3. The van der Waals surface area contributed by atoms with Gasteiger partial charge in [-0.05, 0) is 128 Å². The second-order valence-corrected chi connectivity index (χ2v) is 16.3. The summed E-state index contributed by atoms with van der Waals surface area (Å²) in [7, 11) is 0. The molecule has 0 atom stereocenters. The van der Waals surface area contributed by atoms with Crippen molar-refractivity contribution in [1.29, 1.82) is 0 Å². The first-order valence-electron chi connectivity index (χ1n) is 22.3. The lowest BCUT2D eigenvalue weighted by Gasteiger charge is -2.18. The summed E-state index contributed by atoms with van der Waals surface area (Å²) in [5.41, 5.74) is 8.23. The van der Waals surface area contributed by atoms with Crippen LogP contribution in [0.5, 0.6) is 11.5 Å². The Labute approximate surface area is 360 Å². The highest BCUT2D eigenvalue weighted by Gasteiger charge is 2.20. The number of aromatic nitrogens is 2. The minimum Gasteiger partial charge on any atom is -0.493 e. The van der Waals surface area contributed by atoms with E-state index in [0.29, 0.717) is 19.0 Å². The van der Waals surface area contributed by atoms with Gasteiger partial charge in [0.05, 0.1) is 24.6 Å². The molecule has 9 rings (SSSR count). The zero-order chi connectivity index (χ0) is 41.5. The van der Waals surface area contributed by atoms with E-state index in [-0.39, 0.29) is 0 Å². The number of unbranched alkanes of at least 4 members (excludes halogenated alkanes) is 6. The molecule has 0 spiro atoms. The first-order valence-corrected chi connectivity index (χ1v) is 22.3. The standard InChI is InChI=1S/C57H54N2O2/c1-4-6-8-18-32-60-54-30-28-44(56-46-24-14-10-20-40(46)34-41-21-11-15-25-47(41)56)36-50(54)52-38-53(59-39(3)58-52)51-37-45(29-31-55(51)61-33-19-9-7-5-2)57-48-26-16-12-22-42(48)35-43-23-13-17-27-49(43)57/h10-17,20-31,34-38H,4-9,18-19,32-33H2,1-3H3. The first-order chi connectivity index (χ1) is 30.1. The molecule has 0 unspecified atom stereocenters. The molecule has 9 aromatic rings. The molecule has 4 heteroatoms. The SMILES string of the molecule is CCCCCCOc1ccc(-c2c3ccccc3cc3ccccc23)cc1-c1cc(-c2cc(-c3c4ccccc4cc4ccccc34)ccc2OCCCCCC)nc(C)n1. The summed E-state index contributed by atoms with van der Waals surface area (Å²) in [5.74, 6) is 2.35. The summed E-state index contributed by atoms with van der Waals surface area (Å²) in [6.07, 6.45) is 9.08. The molecule has 0 fully saturated rings. The highest BCUT2D eigenvalue weighted by Crippen LogP contribution is 2.43. The average molecular weight is 799 g/mol. The van der Waals surface area contributed by atoms with Gasteiger partial charge < -0.3 is 9.47 Å². The van der Waals surface area contributed by atoms with Gasteiger partial charge in [-0.3, -0.25) is 0 Å². The molecule has 61 heavy (non-hydrogen) atoms. The largest absolute Gasteiger partial charge is 0.493 e. The van der Waals surface area contributed by atoms with Gasteiger partial charge in [-0.15, -0.1) is 0 Å². The molecule has 304 valence electrons. The van der Waals surface area contributed by atoms with Gasteiger partial charge >= 0.3 is 0 Å². The summed E-state index contributed by atoms with van der Waals surface area (Å²) < 4.78 is 13.3. The Morgan fingerprint density at radius 2 is 0.770 bits per heavy atom. The normalized spacial score (nSPS) is 11.5. The van der Waals surface area contributed by atoms with Gasteiger partial charge in [0, 0.05) is 11.1 Å². The zero-order valence-electron chi connectivity index (χ0n) is 35.7. The van der Waals surface area contributed by atoms with Crippen molar-refractivity contribution in [3.8, 4) is 56.3 Å². The monoisotopic (exact) mass is 798 g/mol. The van der Waals surface area contributed by atoms with Crippen LogP contribution in [-0.2, 0) is 0 Å². The van der Waals surface area contributed by atoms with Crippen LogP contribution in [0.4, 0.5) is 0 Å². The van der Waals surface area contributed by atoms with Crippen LogP contribution in [-0.4, -0.2) is 23.2 Å². The number of ether oxygens (including phenoxy) is 2. The van der Waals surface area contributed by atoms with Crippen molar-refractivity contribution in [1.82, 2.24) is 9.97 Å². The third kappa shape index (κ3) is 8.45. The van der Waals surface area contributed by atoms with Crippen LogP contribution in [0.25, 0.3) is 87.9 Å². The van der Waals surface area contributed by atoms with Crippen LogP contribution in [0.3, 0.4) is 0 Å². The fourth-order valence-electron chi connectivity index (χ4n) is 8.94. The molecule has 1 aromatic heterocycles. The molecule has 0 amide bonds. The minimum absolute atomic E-state index is 0.650. The maximum Gasteiger partial charge on any atom is 0.128 e. The van der Waals surface area contributed by atoms with Crippen molar-refractivity contribution in [3.63, 3.8) is 0 Å². The maximum absolute atomic E-state index is 6.67. The van der Waals surface area contributed by atoms with Gasteiger partial charge in [-0.25, -0.2) is 9.97 Å². The van der Waals surface area contributed by atoms with E-state index in [9.17, 15) is 0 Å². The van der Waals surface area contributed by atoms with Crippen LogP contribution in [0, 0.1) is 6.92 Å². The Hall–Kier alpha value is -6.52. The number of hydrogen-bond donors (Lipinski definition) is 0. The van der Waals surface area contributed by atoms with Gasteiger partial charge in [-0.2, -0.15) is 0 Å².